The minimum absolute atomic E-state index is 0.0915. The van der Waals surface area contributed by atoms with Crippen LogP contribution in [-0.4, -0.2) is 41.9 Å². The third-order valence-corrected chi connectivity index (χ3v) is 8.88. The molecule has 176 valence electrons. The van der Waals surface area contributed by atoms with Crippen molar-refractivity contribution in [2.75, 3.05) is 13.1 Å². The number of aryl methyl sites for hydroxylation is 1. The molecule has 3 aromatic rings. The topological polar surface area (TPSA) is 105 Å². The zero-order valence-corrected chi connectivity index (χ0v) is 20.6. The molecule has 10 heteroatoms. The Kier molecular flexibility index (Phi) is 6.96. The van der Waals surface area contributed by atoms with Gasteiger partial charge >= 0.3 is 0 Å². The summed E-state index contributed by atoms with van der Waals surface area (Å²) >= 11 is 1.33. The van der Waals surface area contributed by atoms with Crippen molar-refractivity contribution in [1.82, 2.24) is 19.8 Å². The predicted octanol–water partition coefficient (Wildman–Crippen LogP) is 3.95. The van der Waals surface area contributed by atoms with E-state index in [-0.39, 0.29) is 29.2 Å². The zero-order valence-electron chi connectivity index (χ0n) is 18.9. The van der Waals surface area contributed by atoms with Crippen LogP contribution < -0.4 is 5.32 Å². The summed E-state index contributed by atoms with van der Waals surface area (Å²) in [5.74, 6) is 0.510. The summed E-state index contributed by atoms with van der Waals surface area (Å²) in [7, 11) is -3.75. The molecule has 1 aromatic carbocycles. The average molecular weight is 489 g/mol. The highest BCUT2D eigenvalue weighted by Crippen LogP contribution is 2.35. The number of rotatable bonds is 7. The number of hydrogen-bond donors (Lipinski definition) is 1. The molecule has 1 N–H and O–H groups in total. The van der Waals surface area contributed by atoms with E-state index in [4.69, 9.17) is 4.52 Å². The molecule has 4 rings (SSSR count). The first kappa shape index (κ1) is 23.6. The minimum Gasteiger partial charge on any atom is -0.352 e. The highest BCUT2D eigenvalue weighted by Gasteiger charge is 2.35. The lowest BCUT2D eigenvalue weighted by molar-refractivity contribution is -0.126. The van der Waals surface area contributed by atoms with Crippen molar-refractivity contribution < 1.29 is 17.7 Å². The Balaban J connectivity index is 1.47. The van der Waals surface area contributed by atoms with Gasteiger partial charge in [0.25, 0.3) is 0 Å². The lowest BCUT2D eigenvalue weighted by Gasteiger charge is -2.31. The fraction of sp³-hybridized carbons (Fsp3) is 0.435. The minimum atomic E-state index is -3.75. The molecule has 1 atom stereocenters. The number of benzene rings is 1. The van der Waals surface area contributed by atoms with Crippen LogP contribution in [-0.2, 0) is 21.4 Å². The van der Waals surface area contributed by atoms with E-state index in [1.807, 2.05) is 44.2 Å². The van der Waals surface area contributed by atoms with Crippen LogP contribution in [0.3, 0.4) is 0 Å². The van der Waals surface area contributed by atoms with E-state index in [9.17, 15) is 13.2 Å². The van der Waals surface area contributed by atoms with Crippen molar-refractivity contribution in [3.05, 3.63) is 52.7 Å². The molecule has 1 unspecified atom stereocenters. The van der Waals surface area contributed by atoms with Gasteiger partial charge in [-0.15, -0.1) is 11.3 Å². The third-order valence-electron chi connectivity index (χ3n) is 5.71. The van der Waals surface area contributed by atoms with Gasteiger partial charge < -0.3 is 9.84 Å². The zero-order chi connectivity index (χ0) is 23.6. The molecular weight excluding hydrogens is 460 g/mol. The normalized spacial score (nSPS) is 17.4. The fourth-order valence-corrected chi connectivity index (χ4v) is 6.85. The summed E-state index contributed by atoms with van der Waals surface area (Å²) in [6, 6.07) is 11.3. The molecule has 0 bridgehead atoms. The first-order valence-electron chi connectivity index (χ1n) is 11.0. The first-order chi connectivity index (χ1) is 15.8. The number of carbonyl (C=O) groups is 1. The summed E-state index contributed by atoms with van der Waals surface area (Å²) in [6.45, 7) is 6.69. The van der Waals surface area contributed by atoms with E-state index in [1.165, 1.54) is 15.6 Å². The van der Waals surface area contributed by atoms with Gasteiger partial charge in [-0.05, 0) is 31.4 Å². The number of nitrogens with zero attached hydrogens (tertiary/aromatic N) is 3. The fourth-order valence-electron chi connectivity index (χ4n) is 3.84. The van der Waals surface area contributed by atoms with Gasteiger partial charge in [0.1, 0.15) is 0 Å². The van der Waals surface area contributed by atoms with Crippen molar-refractivity contribution in [3.8, 4) is 10.7 Å². The first-order valence-corrected chi connectivity index (χ1v) is 13.3. The number of thiophene rings is 1. The molecule has 2 aromatic heterocycles. The second-order valence-corrected chi connectivity index (χ2v) is 11.7. The highest BCUT2D eigenvalue weighted by molar-refractivity contribution is 7.89. The molecule has 1 saturated heterocycles. The van der Waals surface area contributed by atoms with Crippen LogP contribution >= 0.6 is 11.3 Å². The number of nitrogens with one attached hydrogen (secondary N) is 1. The van der Waals surface area contributed by atoms with Gasteiger partial charge in [0.15, 0.2) is 0 Å². The van der Waals surface area contributed by atoms with E-state index < -0.39 is 10.0 Å². The van der Waals surface area contributed by atoms with Crippen molar-refractivity contribution in [1.29, 1.82) is 0 Å². The third kappa shape index (κ3) is 5.18. The Hall–Kier alpha value is -2.56. The Morgan fingerprint density at radius 1 is 1.30 bits per heavy atom. The van der Waals surface area contributed by atoms with Gasteiger partial charge in [0.05, 0.1) is 15.7 Å². The molecular formula is C23H28N4O4S2. The van der Waals surface area contributed by atoms with Crippen molar-refractivity contribution in [2.24, 2.45) is 5.92 Å². The van der Waals surface area contributed by atoms with E-state index >= 15 is 0 Å². The second kappa shape index (κ2) is 9.74. The van der Waals surface area contributed by atoms with E-state index in [0.717, 1.165) is 5.56 Å². The van der Waals surface area contributed by atoms with Gasteiger partial charge in [0.2, 0.25) is 27.6 Å². The summed E-state index contributed by atoms with van der Waals surface area (Å²) in [6.07, 6.45) is 1.31. The van der Waals surface area contributed by atoms with Crippen molar-refractivity contribution >= 4 is 27.3 Å². The Morgan fingerprint density at radius 3 is 2.76 bits per heavy atom. The number of amides is 1. The summed E-state index contributed by atoms with van der Waals surface area (Å²) in [5.41, 5.74) is 1.01. The maximum absolute atomic E-state index is 13.5. The largest absolute Gasteiger partial charge is 0.352 e. The van der Waals surface area contributed by atoms with Crippen LogP contribution in [0.5, 0.6) is 0 Å². The molecule has 0 radical (unpaired) electrons. The Bertz CT molecular complexity index is 1220. The van der Waals surface area contributed by atoms with Gasteiger partial charge in [-0.1, -0.05) is 49.3 Å². The van der Waals surface area contributed by atoms with Crippen LogP contribution in [0.4, 0.5) is 0 Å². The number of aromatic nitrogens is 2. The van der Waals surface area contributed by atoms with Crippen LogP contribution in [0.1, 0.15) is 48.9 Å². The van der Waals surface area contributed by atoms with Gasteiger partial charge in [-0.3, -0.25) is 4.79 Å². The van der Waals surface area contributed by atoms with Crippen LogP contribution in [0.25, 0.3) is 10.7 Å². The Morgan fingerprint density at radius 2 is 2.06 bits per heavy atom. The van der Waals surface area contributed by atoms with E-state index in [0.29, 0.717) is 47.4 Å². The van der Waals surface area contributed by atoms with Crippen LogP contribution in [0, 0.1) is 12.8 Å². The molecule has 0 saturated carbocycles. The second-order valence-electron chi connectivity index (χ2n) is 8.55. The van der Waals surface area contributed by atoms with Gasteiger partial charge in [-0.25, -0.2) is 8.42 Å². The van der Waals surface area contributed by atoms with Gasteiger partial charge in [0, 0.05) is 30.4 Å². The predicted molar refractivity (Wildman–Crippen MR) is 126 cm³/mol. The standard InChI is InChI=1S/C23H28N4O4S2/c1-15(2)23-25-21(26-31-23)19-12-20(16(3)32-19)33(29,30)27-11-7-10-18(14-27)22(28)24-13-17-8-5-4-6-9-17/h4-6,8-9,12,15,18H,7,10-11,13-14H2,1-3H3,(H,24,28). The van der Waals surface area contributed by atoms with Crippen molar-refractivity contribution in [2.45, 2.75) is 51.0 Å². The highest BCUT2D eigenvalue weighted by atomic mass is 32.2. The Labute approximate surface area is 198 Å². The lowest BCUT2D eigenvalue weighted by atomic mass is 9.99. The van der Waals surface area contributed by atoms with E-state index in [1.54, 1.807) is 13.0 Å². The summed E-state index contributed by atoms with van der Waals surface area (Å²) in [5, 5.41) is 6.94. The molecule has 0 aliphatic carbocycles. The molecule has 3 heterocycles. The monoisotopic (exact) mass is 488 g/mol. The summed E-state index contributed by atoms with van der Waals surface area (Å²) < 4.78 is 33.6. The number of sulfonamides is 1. The lowest BCUT2D eigenvalue weighted by Crippen LogP contribution is -2.45. The molecule has 1 fully saturated rings. The summed E-state index contributed by atoms with van der Waals surface area (Å²) in [4.78, 5) is 18.7. The van der Waals surface area contributed by atoms with Crippen LogP contribution in [0.2, 0.25) is 0 Å². The molecule has 1 amide bonds. The molecule has 1 aliphatic heterocycles. The average Bonchev–Trinajstić information content (AvgIpc) is 3.46. The molecule has 8 nitrogen and oxygen atoms in total. The van der Waals surface area contributed by atoms with Gasteiger partial charge in [-0.2, -0.15) is 9.29 Å². The maximum Gasteiger partial charge on any atom is 0.244 e. The van der Waals surface area contributed by atoms with Crippen LogP contribution in [0.15, 0.2) is 45.8 Å². The maximum atomic E-state index is 13.5. The molecule has 1 aliphatic rings. The number of piperidine rings is 1. The number of carbonyl (C=O) groups excluding carboxylic acids is 1. The quantitative estimate of drug-likeness (QED) is 0.540. The molecule has 0 spiro atoms. The van der Waals surface area contributed by atoms with E-state index in [2.05, 4.69) is 15.5 Å². The number of hydrogen-bond acceptors (Lipinski definition) is 7. The SMILES string of the molecule is Cc1sc(-c2noc(C(C)C)n2)cc1S(=O)(=O)N1CCCC(C(=O)NCc2ccccc2)C1. The smallest absolute Gasteiger partial charge is 0.244 e. The molecule has 33 heavy (non-hydrogen) atoms. The van der Waals surface area contributed by atoms with Crippen molar-refractivity contribution in [3.63, 3.8) is 0 Å².